The zero-order chi connectivity index (χ0) is 23.8. The van der Waals surface area contributed by atoms with E-state index in [4.69, 9.17) is 4.74 Å². The van der Waals surface area contributed by atoms with Crippen LogP contribution < -0.4 is 0 Å². The van der Waals surface area contributed by atoms with Crippen molar-refractivity contribution in [3.05, 3.63) is 11.6 Å². The van der Waals surface area contributed by atoms with Crippen LogP contribution in [0.25, 0.3) is 0 Å². The van der Waals surface area contributed by atoms with Gasteiger partial charge < -0.3 is 9.53 Å². The van der Waals surface area contributed by atoms with Gasteiger partial charge in [-0.05, 0) is 98.2 Å². The summed E-state index contributed by atoms with van der Waals surface area (Å²) in [6.45, 7) is 9.31. The lowest BCUT2D eigenvalue weighted by Gasteiger charge is -2.66. The van der Waals surface area contributed by atoms with E-state index in [-0.39, 0.29) is 33.9 Å². The molecule has 10 atom stereocenters. The molecular formula is C29H42O4. The fraction of sp³-hybridized carbons (Fsp3) is 0.828. The van der Waals surface area contributed by atoms with Gasteiger partial charge in [0.25, 0.3) is 0 Å². The molecule has 0 N–H and O–H groups in total. The molecule has 0 spiro atoms. The third-order valence-corrected chi connectivity index (χ3v) is 11.7. The van der Waals surface area contributed by atoms with Gasteiger partial charge in [-0.15, -0.1) is 0 Å². The number of hydrogen-bond acceptors (Lipinski definition) is 4. The Kier molecular flexibility index (Phi) is 5.49. The molecule has 0 aliphatic heterocycles. The predicted molar refractivity (Wildman–Crippen MR) is 127 cm³/mol. The molecule has 33 heavy (non-hydrogen) atoms. The molecule has 4 fully saturated rings. The van der Waals surface area contributed by atoms with Gasteiger partial charge in [0.15, 0.2) is 0 Å². The Labute approximate surface area is 199 Å². The Balaban J connectivity index is 1.54. The maximum atomic E-state index is 13.1. The highest BCUT2D eigenvalue weighted by Crippen LogP contribution is 2.70. The summed E-state index contributed by atoms with van der Waals surface area (Å²) in [6, 6.07) is 0. The van der Waals surface area contributed by atoms with Crippen LogP contribution in [0.1, 0.15) is 85.5 Å². The number of aldehydes is 1. The minimum absolute atomic E-state index is 0.00939. The molecule has 0 amide bonds. The van der Waals surface area contributed by atoms with Gasteiger partial charge >= 0.3 is 5.97 Å². The zero-order valence-corrected chi connectivity index (χ0v) is 21.2. The minimum Gasteiger partial charge on any atom is -0.469 e. The first-order chi connectivity index (χ1) is 15.6. The summed E-state index contributed by atoms with van der Waals surface area (Å²) in [5, 5.41) is 0. The van der Waals surface area contributed by atoms with Crippen molar-refractivity contribution in [2.45, 2.75) is 85.5 Å². The van der Waals surface area contributed by atoms with Crippen molar-refractivity contribution in [3.63, 3.8) is 0 Å². The number of methoxy groups -OCH3 is 1. The lowest BCUT2D eigenvalue weighted by molar-refractivity contribution is -0.171. The van der Waals surface area contributed by atoms with Crippen LogP contribution in [0.5, 0.6) is 0 Å². The highest BCUT2D eigenvalue weighted by Gasteiger charge is 2.64. The number of hydrogen-bond donors (Lipinski definition) is 0. The third kappa shape index (κ3) is 3.04. The van der Waals surface area contributed by atoms with Crippen molar-refractivity contribution >= 4 is 18.0 Å². The van der Waals surface area contributed by atoms with Crippen LogP contribution in [0.4, 0.5) is 0 Å². The quantitative estimate of drug-likeness (QED) is 0.229. The molecule has 5 rings (SSSR count). The molecule has 8 unspecified atom stereocenters. The molecule has 182 valence electrons. The maximum absolute atomic E-state index is 13.1. The molecule has 0 radical (unpaired) electrons. The predicted octanol–water partition coefficient (Wildman–Crippen LogP) is 5.78. The first-order valence-corrected chi connectivity index (χ1v) is 13.4. The fourth-order valence-electron chi connectivity index (χ4n) is 10.1. The summed E-state index contributed by atoms with van der Waals surface area (Å²) >= 11 is 0. The van der Waals surface area contributed by atoms with E-state index >= 15 is 0 Å². The highest BCUT2D eigenvalue weighted by molar-refractivity contribution is 5.95. The van der Waals surface area contributed by atoms with Gasteiger partial charge in [-0.25, -0.2) is 0 Å². The van der Waals surface area contributed by atoms with Gasteiger partial charge in [0.1, 0.15) is 12.1 Å². The lowest BCUT2D eigenvalue weighted by atomic mass is 9.38. The van der Waals surface area contributed by atoms with Crippen LogP contribution in [0.2, 0.25) is 0 Å². The fourth-order valence-corrected chi connectivity index (χ4v) is 10.1. The van der Waals surface area contributed by atoms with Crippen molar-refractivity contribution < 1.29 is 19.1 Å². The average molecular weight is 455 g/mol. The van der Waals surface area contributed by atoms with Gasteiger partial charge in [0, 0.05) is 5.92 Å². The highest BCUT2D eigenvalue weighted by atomic mass is 16.5. The van der Waals surface area contributed by atoms with E-state index in [1.54, 1.807) is 12.7 Å². The molecule has 0 aromatic carbocycles. The first-order valence-electron chi connectivity index (χ1n) is 13.4. The Bertz CT molecular complexity index is 890. The summed E-state index contributed by atoms with van der Waals surface area (Å²) < 4.78 is 5.40. The first kappa shape index (κ1) is 23.3. The SMILES string of the molecule is COC(=O)[C@]12CCC(C)CC1C1=CCC3C(C)(CCC4[C@@H](C)C(=O)C(C=O)CC43C)C1CC2. The second-order valence-electron chi connectivity index (χ2n) is 13.0. The van der Waals surface area contributed by atoms with Crippen molar-refractivity contribution in [2.24, 2.45) is 57.7 Å². The molecule has 0 heterocycles. The van der Waals surface area contributed by atoms with Gasteiger partial charge in [-0.1, -0.05) is 39.3 Å². The average Bonchev–Trinajstić information content (AvgIpc) is 2.80. The second-order valence-corrected chi connectivity index (χ2v) is 13.0. The number of allylic oxidation sites excluding steroid dienone is 2. The maximum Gasteiger partial charge on any atom is 0.312 e. The van der Waals surface area contributed by atoms with Crippen LogP contribution in [0, 0.1) is 57.7 Å². The second kappa shape index (κ2) is 7.78. The van der Waals surface area contributed by atoms with E-state index in [1.165, 1.54) is 0 Å². The summed E-state index contributed by atoms with van der Waals surface area (Å²) in [5.41, 5.74) is 1.41. The standard InChI is InChI=1S/C29H42O4/c1-17-8-12-29(26(32)33-5)13-10-22-20(23(29)14-17)6-7-24-27(22,3)11-9-21-18(2)25(31)19(16-30)15-28(21,24)4/h6,16-19,21-24H,7-15H2,1-5H3/t17?,18-,19?,21?,22?,23?,24?,27?,28?,29+/m1/s1. The Morgan fingerprint density at radius 1 is 1.06 bits per heavy atom. The molecule has 5 aliphatic carbocycles. The van der Waals surface area contributed by atoms with Crippen molar-refractivity contribution in [1.82, 2.24) is 0 Å². The monoisotopic (exact) mass is 454 g/mol. The van der Waals surface area contributed by atoms with Crippen molar-refractivity contribution in [3.8, 4) is 0 Å². The summed E-state index contributed by atoms with van der Waals surface area (Å²) in [6.07, 6.45) is 12.6. The number of ketones is 1. The van der Waals surface area contributed by atoms with E-state index in [9.17, 15) is 14.4 Å². The van der Waals surface area contributed by atoms with Crippen LogP contribution >= 0.6 is 0 Å². The van der Waals surface area contributed by atoms with E-state index in [0.717, 1.165) is 57.7 Å². The smallest absolute Gasteiger partial charge is 0.312 e. The van der Waals surface area contributed by atoms with Crippen LogP contribution in [-0.2, 0) is 19.1 Å². The summed E-state index contributed by atoms with van der Waals surface area (Å²) in [7, 11) is 1.56. The number of rotatable bonds is 2. The van der Waals surface area contributed by atoms with Gasteiger partial charge in [-0.3, -0.25) is 9.59 Å². The van der Waals surface area contributed by atoms with Crippen molar-refractivity contribution in [1.29, 1.82) is 0 Å². The Morgan fingerprint density at radius 2 is 1.79 bits per heavy atom. The topological polar surface area (TPSA) is 60.4 Å². The van der Waals surface area contributed by atoms with Crippen LogP contribution in [0.15, 0.2) is 11.6 Å². The van der Waals surface area contributed by atoms with E-state index in [2.05, 4.69) is 33.8 Å². The number of esters is 1. The van der Waals surface area contributed by atoms with Gasteiger partial charge in [-0.2, -0.15) is 0 Å². The molecule has 4 heteroatoms. The van der Waals surface area contributed by atoms with E-state index in [0.29, 0.717) is 36.0 Å². The molecule has 0 aromatic rings. The van der Waals surface area contributed by atoms with E-state index < -0.39 is 5.92 Å². The Morgan fingerprint density at radius 3 is 2.48 bits per heavy atom. The lowest BCUT2D eigenvalue weighted by Crippen LogP contribution is -2.61. The molecule has 5 aliphatic rings. The minimum atomic E-state index is -0.438. The van der Waals surface area contributed by atoms with E-state index in [1.807, 2.05) is 0 Å². The largest absolute Gasteiger partial charge is 0.469 e. The third-order valence-electron chi connectivity index (χ3n) is 11.7. The summed E-state index contributed by atoms with van der Waals surface area (Å²) in [5.74, 6) is 2.04. The number of carbonyl (C=O) groups excluding carboxylic acids is 3. The molecule has 0 aromatic heterocycles. The van der Waals surface area contributed by atoms with Gasteiger partial charge in [0.2, 0.25) is 0 Å². The number of ether oxygens (including phenoxy) is 1. The van der Waals surface area contributed by atoms with Gasteiger partial charge in [0.05, 0.1) is 18.4 Å². The number of fused-ring (bicyclic) bond motifs is 7. The zero-order valence-electron chi connectivity index (χ0n) is 21.2. The normalized spacial score (nSPS) is 51.2. The van der Waals surface area contributed by atoms with Crippen LogP contribution in [-0.4, -0.2) is 25.1 Å². The molecule has 0 bridgehead atoms. The number of carbonyl (C=O) groups is 3. The van der Waals surface area contributed by atoms with Crippen molar-refractivity contribution in [2.75, 3.05) is 7.11 Å². The molecule has 4 nitrogen and oxygen atoms in total. The summed E-state index contributed by atoms with van der Waals surface area (Å²) in [4.78, 5) is 37.8. The number of Topliss-reactive ketones (excluding diaryl/α,β-unsaturated/α-hetero) is 1. The molecule has 4 saturated carbocycles. The van der Waals surface area contributed by atoms with Crippen LogP contribution in [0.3, 0.4) is 0 Å². The Hall–Kier alpha value is -1.45. The molecule has 0 saturated heterocycles. The molecular weight excluding hydrogens is 412 g/mol.